The number of H-pyrrole nitrogens is 1. The van der Waals surface area contributed by atoms with Crippen molar-refractivity contribution >= 4 is 28.1 Å². The number of hydrogen-bond donors (Lipinski definition) is 2. The van der Waals surface area contributed by atoms with Crippen LogP contribution in [0, 0.1) is 11.7 Å². The number of aromatic nitrogens is 3. The van der Waals surface area contributed by atoms with Crippen molar-refractivity contribution in [3.05, 3.63) is 40.4 Å². The third kappa shape index (κ3) is 5.30. The van der Waals surface area contributed by atoms with Crippen LogP contribution in [0.2, 0.25) is 0 Å². The van der Waals surface area contributed by atoms with Crippen LogP contribution in [-0.2, 0) is 28.3 Å². The number of nitrogens with one attached hydrogen (secondary N) is 2. The zero-order chi connectivity index (χ0) is 21.0. The highest BCUT2D eigenvalue weighted by molar-refractivity contribution is 7.89. The maximum Gasteiger partial charge on any atom is 0.243 e. The Labute approximate surface area is 175 Å². The van der Waals surface area contributed by atoms with Gasteiger partial charge in [-0.05, 0) is 31.3 Å². The summed E-state index contributed by atoms with van der Waals surface area (Å²) in [6.07, 6.45) is 0.581. The molecule has 3 rings (SSSR count). The second-order valence-corrected chi connectivity index (χ2v) is 9.42. The molecule has 2 heterocycles. The standard InChI is InChI=1S/C18H26N6O3S2/c1-14-3-5-15(6-4-14)29(26,27)24-11-9-23(10-12-24)13-17(25)19-8-7-16-20-21-18(28)22(16)2/h3-6H,7-13H2,1-2H3,(H,19,25)(H,21,28). The number of aryl methyl sites for hydroxylation is 1. The van der Waals surface area contributed by atoms with Crippen LogP contribution in [0.1, 0.15) is 11.4 Å². The van der Waals surface area contributed by atoms with Crippen molar-refractivity contribution < 1.29 is 13.2 Å². The maximum absolute atomic E-state index is 12.7. The van der Waals surface area contributed by atoms with Crippen molar-refractivity contribution in [3.8, 4) is 0 Å². The van der Waals surface area contributed by atoms with E-state index in [-0.39, 0.29) is 12.5 Å². The molecule has 1 aliphatic rings. The Morgan fingerprint density at radius 3 is 2.45 bits per heavy atom. The van der Waals surface area contributed by atoms with E-state index in [1.54, 1.807) is 28.8 Å². The van der Waals surface area contributed by atoms with Gasteiger partial charge in [-0.25, -0.2) is 8.42 Å². The number of carbonyl (C=O) groups is 1. The summed E-state index contributed by atoms with van der Waals surface area (Å²) in [4.78, 5) is 14.5. The number of rotatable bonds is 7. The van der Waals surface area contributed by atoms with E-state index >= 15 is 0 Å². The highest BCUT2D eigenvalue weighted by Crippen LogP contribution is 2.18. The molecule has 0 radical (unpaired) electrons. The minimum Gasteiger partial charge on any atom is -0.355 e. The molecule has 1 aromatic heterocycles. The van der Waals surface area contributed by atoms with E-state index in [2.05, 4.69) is 15.5 Å². The molecule has 0 unspecified atom stereocenters. The molecule has 1 saturated heterocycles. The van der Waals surface area contributed by atoms with E-state index in [1.165, 1.54) is 4.31 Å². The van der Waals surface area contributed by atoms with Crippen molar-refractivity contribution in [2.24, 2.45) is 7.05 Å². The maximum atomic E-state index is 12.7. The van der Waals surface area contributed by atoms with Gasteiger partial charge in [0.1, 0.15) is 5.82 Å². The van der Waals surface area contributed by atoms with Crippen molar-refractivity contribution in [2.75, 3.05) is 39.3 Å². The van der Waals surface area contributed by atoms with E-state index in [9.17, 15) is 13.2 Å². The highest BCUT2D eigenvalue weighted by atomic mass is 32.2. The molecule has 0 aliphatic carbocycles. The summed E-state index contributed by atoms with van der Waals surface area (Å²) in [6, 6.07) is 6.87. The average Bonchev–Trinajstić information content (AvgIpc) is 3.01. The third-order valence-corrected chi connectivity index (χ3v) is 7.28. The van der Waals surface area contributed by atoms with Crippen molar-refractivity contribution in [3.63, 3.8) is 0 Å². The molecular weight excluding hydrogens is 412 g/mol. The first-order valence-electron chi connectivity index (χ1n) is 9.43. The fraction of sp³-hybridized carbons (Fsp3) is 0.500. The molecule has 2 N–H and O–H groups in total. The minimum atomic E-state index is -3.49. The van der Waals surface area contributed by atoms with E-state index < -0.39 is 10.0 Å². The lowest BCUT2D eigenvalue weighted by atomic mass is 10.2. The predicted octanol–water partition coefficient (Wildman–Crippen LogP) is 0.451. The fourth-order valence-electron chi connectivity index (χ4n) is 3.16. The quantitative estimate of drug-likeness (QED) is 0.609. The highest BCUT2D eigenvalue weighted by Gasteiger charge is 2.28. The Balaban J connectivity index is 1.44. The van der Waals surface area contributed by atoms with E-state index in [4.69, 9.17) is 12.2 Å². The van der Waals surface area contributed by atoms with Crippen molar-refractivity contribution in [2.45, 2.75) is 18.2 Å². The zero-order valence-corrected chi connectivity index (χ0v) is 18.2. The lowest BCUT2D eigenvalue weighted by Crippen LogP contribution is -2.51. The number of sulfonamides is 1. The molecule has 1 amide bonds. The first kappa shape index (κ1) is 21.6. The van der Waals surface area contributed by atoms with Gasteiger partial charge in [0.2, 0.25) is 15.9 Å². The molecule has 1 aliphatic heterocycles. The summed E-state index contributed by atoms with van der Waals surface area (Å²) in [5, 5.41) is 9.70. The van der Waals surface area contributed by atoms with Crippen LogP contribution in [0.5, 0.6) is 0 Å². The lowest BCUT2D eigenvalue weighted by Gasteiger charge is -2.33. The van der Waals surface area contributed by atoms with E-state index in [0.29, 0.717) is 48.8 Å². The van der Waals surface area contributed by atoms with Gasteiger partial charge < -0.3 is 9.88 Å². The molecule has 0 atom stereocenters. The summed E-state index contributed by atoms with van der Waals surface area (Å²) in [5.41, 5.74) is 1.02. The van der Waals surface area contributed by atoms with Crippen molar-refractivity contribution in [1.82, 2.24) is 29.3 Å². The smallest absolute Gasteiger partial charge is 0.243 e. The number of aromatic amines is 1. The molecule has 0 spiro atoms. The van der Waals surface area contributed by atoms with Crippen LogP contribution >= 0.6 is 12.2 Å². The molecule has 0 saturated carbocycles. The van der Waals surface area contributed by atoms with Gasteiger partial charge in [0, 0.05) is 46.2 Å². The average molecular weight is 439 g/mol. The van der Waals surface area contributed by atoms with E-state index in [0.717, 1.165) is 11.4 Å². The van der Waals surface area contributed by atoms with Gasteiger partial charge in [-0.15, -0.1) is 0 Å². The van der Waals surface area contributed by atoms with Gasteiger partial charge >= 0.3 is 0 Å². The summed E-state index contributed by atoms with van der Waals surface area (Å²) in [6.45, 7) is 4.41. The number of nitrogens with zero attached hydrogens (tertiary/aromatic N) is 4. The first-order chi connectivity index (χ1) is 13.8. The predicted molar refractivity (Wildman–Crippen MR) is 111 cm³/mol. The zero-order valence-electron chi connectivity index (χ0n) is 16.6. The summed E-state index contributed by atoms with van der Waals surface area (Å²) in [5.74, 6) is 0.696. The number of piperazine rings is 1. The van der Waals surface area contributed by atoms with Crippen LogP contribution < -0.4 is 5.32 Å². The van der Waals surface area contributed by atoms with Crippen molar-refractivity contribution in [1.29, 1.82) is 0 Å². The molecule has 29 heavy (non-hydrogen) atoms. The van der Waals surface area contributed by atoms with Gasteiger partial charge in [0.05, 0.1) is 11.4 Å². The molecular formula is C18H26N6O3S2. The van der Waals surface area contributed by atoms with Gasteiger partial charge in [0.15, 0.2) is 4.77 Å². The van der Waals surface area contributed by atoms with Gasteiger partial charge in [0.25, 0.3) is 0 Å². The largest absolute Gasteiger partial charge is 0.355 e. The minimum absolute atomic E-state index is 0.0865. The molecule has 11 heteroatoms. The monoisotopic (exact) mass is 438 g/mol. The number of hydrogen-bond acceptors (Lipinski definition) is 6. The Bertz CT molecular complexity index is 1000. The van der Waals surface area contributed by atoms with Gasteiger partial charge in [-0.1, -0.05) is 17.7 Å². The second kappa shape index (κ2) is 9.16. The number of amides is 1. The lowest BCUT2D eigenvalue weighted by molar-refractivity contribution is -0.122. The molecule has 1 aromatic carbocycles. The Morgan fingerprint density at radius 1 is 1.21 bits per heavy atom. The fourth-order valence-corrected chi connectivity index (χ4v) is 4.74. The topological polar surface area (TPSA) is 103 Å². The Kier molecular flexibility index (Phi) is 6.83. The molecule has 2 aromatic rings. The van der Waals surface area contributed by atoms with Gasteiger partial charge in [-0.3, -0.25) is 14.8 Å². The number of carbonyl (C=O) groups excluding carboxylic acids is 1. The summed E-state index contributed by atoms with van der Waals surface area (Å²) in [7, 11) is -1.67. The van der Waals surface area contributed by atoms with Crippen LogP contribution in [0.4, 0.5) is 0 Å². The summed E-state index contributed by atoms with van der Waals surface area (Å²) < 4.78 is 29.3. The van der Waals surface area contributed by atoms with Gasteiger partial charge in [-0.2, -0.15) is 9.40 Å². The Morgan fingerprint density at radius 2 is 1.86 bits per heavy atom. The molecule has 0 bridgehead atoms. The third-order valence-electron chi connectivity index (χ3n) is 5.00. The van der Waals surface area contributed by atoms with Crippen LogP contribution in [0.3, 0.4) is 0 Å². The molecule has 9 nitrogen and oxygen atoms in total. The first-order valence-corrected chi connectivity index (χ1v) is 11.3. The number of benzene rings is 1. The van der Waals surface area contributed by atoms with Crippen LogP contribution in [0.25, 0.3) is 0 Å². The summed E-state index contributed by atoms with van der Waals surface area (Å²) >= 11 is 5.06. The Hall–Kier alpha value is -2.08. The van der Waals surface area contributed by atoms with Crippen LogP contribution in [-0.4, -0.2) is 77.6 Å². The SMILES string of the molecule is Cc1ccc(S(=O)(=O)N2CCN(CC(=O)NCCc3n[nH]c(=S)n3C)CC2)cc1. The van der Waals surface area contributed by atoms with E-state index in [1.807, 2.05) is 18.9 Å². The van der Waals surface area contributed by atoms with Crippen LogP contribution in [0.15, 0.2) is 29.2 Å². The second-order valence-electron chi connectivity index (χ2n) is 7.10. The molecule has 1 fully saturated rings. The normalized spacial score (nSPS) is 16.1. The molecule has 158 valence electrons.